The zero-order valence-electron chi connectivity index (χ0n) is 7.01. The number of hydrogen-bond acceptors (Lipinski definition) is 2. The summed E-state index contributed by atoms with van der Waals surface area (Å²) in [7, 11) is 0. The summed E-state index contributed by atoms with van der Waals surface area (Å²) in [6.07, 6.45) is 3.94. The molecule has 0 aliphatic carbocycles. The molecule has 1 heterocycles. The van der Waals surface area contributed by atoms with Gasteiger partial charge in [-0.05, 0) is 6.42 Å². The molecule has 0 aromatic carbocycles. The SMILES string of the molecule is CCCCCN1CCSC1=S. The molecule has 0 aromatic heterocycles. The molecule has 3 heteroatoms. The van der Waals surface area contributed by atoms with Gasteiger partial charge in [0.1, 0.15) is 4.32 Å². The predicted molar refractivity (Wildman–Crippen MR) is 56.2 cm³/mol. The van der Waals surface area contributed by atoms with Gasteiger partial charge in [-0.2, -0.15) is 0 Å². The maximum absolute atomic E-state index is 5.18. The number of hydrogen-bond donors (Lipinski definition) is 0. The molecule has 0 bridgehead atoms. The molecule has 0 atom stereocenters. The minimum absolute atomic E-state index is 1.11. The minimum Gasteiger partial charge on any atom is -0.357 e. The Hall–Kier alpha value is 0.240. The largest absolute Gasteiger partial charge is 0.357 e. The van der Waals surface area contributed by atoms with Gasteiger partial charge in [-0.3, -0.25) is 0 Å². The van der Waals surface area contributed by atoms with Crippen molar-refractivity contribution >= 4 is 28.3 Å². The van der Waals surface area contributed by atoms with Crippen molar-refractivity contribution in [1.82, 2.24) is 4.90 Å². The van der Waals surface area contributed by atoms with Gasteiger partial charge in [0, 0.05) is 18.8 Å². The van der Waals surface area contributed by atoms with Crippen LogP contribution in [0.25, 0.3) is 0 Å². The van der Waals surface area contributed by atoms with Gasteiger partial charge in [-0.25, -0.2) is 0 Å². The molecular weight excluding hydrogens is 174 g/mol. The van der Waals surface area contributed by atoms with Crippen molar-refractivity contribution in [2.24, 2.45) is 0 Å². The third kappa shape index (κ3) is 2.99. The van der Waals surface area contributed by atoms with Crippen molar-refractivity contribution in [2.75, 3.05) is 18.8 Å². The Labute approximate surface area is 78.5 Å². The first-order valence-corrected chi connectivity index (χ1v) is 5.65. The molecule has 0 amide bonds. The second-order valence-corrected chi connectivity index (χ2v) is 4.54. The highest BCUT2D eigenvalue weighted by atomic mass is 32.2. The molecule has 64 valence electrons. The molecule has 1 fully saturated rings. The molecule has 0 aromatic rings. The average molecular weight is 189 g/mol. The minimum atomic E-state index is 1.11. The van der Waals surface area contributed by atoms with Crippen LogP contribution in [0.4, 0.5) is 0 Å². The molecule has 0 N–H and O–H groups in total. The fourth-order valence-electron chi connectivity index (χ4n) is 1.18. The third-order valence-corrected chi connectivity index (χ3v) is 3.38. The average Bonchev–Trinajstić information content (AvgIpc) is 2.37. The lowest BCUT2D eigenvalue weighted by Gasteiger charge is -2.15. The highest BCUT2D eigenvalue weighted by Gasteiger charge is 2.15. The van der Waals surface area contributed by atoms with Gasteiger partial charge in [0.25, 0.3) is 0 Å². The number of nitrogens with zero attached hydrogens (tertiary/aromatic N) is 1. The van der Waals surface area contributed by atoms with Crippen LogP contribution in [0.15, 0.2) is 0 Å². The Balaban J connectivity index is 2.10. The van der Waals surface area contributed by atoms with Crippen LogP contribution >= 0.6 is 24.0 Å². The van der Waals surface area contributed by atoms with Gasteiger partial charge >= 0.3 is 0 Å². The number of rotatable bonds is 4. The van der Waals surface area contributed by atoms with E-state index in [9.17, 15) is 0 Å². The van der Waals surface area contributed by atoms with E-state index in [-0.39, 0.29) is 0 Å². The molecule has 11 heavy (non-hydrogen) atoms. The molecule has 1 saturated heterocycles. The van der Waals surface area contributed by atoms with Gasteiger partial charge in [-0.1, -0.05) is 43.7 Å². The van der Waals surface area contributed by atoms with Gasteiger partial charge in [0.15, 0.2) is 0 Å². The summed E-state index contributed by atoms with van der Waals surface area (Å²) < 4.78 is 1.11. The van der Waals surface area contributed by atoms with Gasteiger partial charge in [0.2, 0.25) is 0 Å². The van der Waals surface area contributed by atoms with E-state index in [2.05, 4.69) is 11.8 Å². The number of unbranched alkanes of at least 4 members (excludes halogenated alkanes) is 2. The number of thioether (sulfide) groups is 1. The summed E-state index contributed by atoms with van der Waals surface area (Å²) in [6, 6.07) is 0. The zero-order chi connectivity index (χ0) is 8.10. The standard InChI is InChI=1S/C8H15NS2/c1-2-3-4-5-9-6-7-11-8(9)10/h2-7H2,1H3. The topological polar surface area (TPSA) is 3.24 Å². The lowest BCUT2D eigenvalue weighted by Crippen LogP contribution is -2.23. The van der Waals surface area contributed by atoms with Crippen LogP contribution in [0.1, 0.15) is 26.2 Å². The van der Waals surface area contributed by atoms with E-state index in [0.717, 1.165) is 4.32 Å². The first-order chi connectivity index (χ1) is 5.34. The van der Waals surface area contributed by atoms with E-state index in [1.807, 2.05) is 11.8 Å². The molecule has 1 aliphatic rings. The monoisotopic (exact) mass is 189 g/mol. The normalized spacial score (nSPS) is 17.9. The van der Waals surface area contributed by atoms with E-state index >= 15 is 0 Å². The van der Waals surface area contributed by atoms with Crippen molar-refractivity contribution in [3.63, 3.8) is 0 Å². The Bertz CT molecular complexity index is 136. The van der Waals surface area contributed by atoms with Crippen molar-refractivity contribution in [1.29, 1.82) is 0 Å². The summed E-state index contributed by atoms with van der Waals surface area (Å²) >= 11 is 7.00. The highest BCUT2D eigenvalue weighted by Crippen LogP contribution is 2.18. The first-order valence-electron chi connectivity index (χ1n) is 4.26. The van der Waals surface area contributed by atoms with Gasteiger partial charge < -0.3 is 4.90 Å². The fraction of sp³-hybridized carbons (Fsp3) is 0.875. The second-order valence-electron chi connectivity index (χ2n) is 2.81. The van der Waals surface area contributed by atoms with Crippen molar-refractivity contribution in [3.8, 4) is 0 Å². The van der Waals surface area contributed by atoms with Crippen LogP contribution in [0.2, 0.25) is 0 Å². The van der Waals surface area contributed by atoms with Crippen LogP contribution in [0.5, 0.6) is 0 Å². The lowest BCUT2D eigenvalue weighted by atomic mass is 10.2. The van der Waals surface area contributed by atoms with Crippen molar-refractivity contribution in [3.05, 3.63) is 0 Å². The van der Waals surface area contributed by atoms with Gasteiger partial charge in [-0.15, -0.1) is 0 Å². The maximum Gasteiger partial charge on any atom is 0.136 e. The quantitative estimate of drug-likeness (QED) is 0.494. The lowest BCUT2D eigenvalue weighted by molar-refractivity contribution is 0.446. The molecule has 0 saturated carbocycles. The fourth-order valence-corrected chi connectivity index (χ4v) is 2.47. The van der Waals surface area contributed by atoms with Gasteiger partial charge in [0.05, 0.1) is 0 Å². The molecule has 0 radical (unpaired) electrons. The van der Waals surface area contributed by atoms with E-state index in [4.69, 9.17) is 12.2 Å². The Kier molecular flexibility index (Phi) is 4.23. The Morgan fingerprint density at radius 1 is 1.55 bits per heavy atom. The molecule has 0 spiro atoms. The molecule has 1 rings (SSSR count). The van der Waals surface area contributed by atoms with E-state index in [0.29, 0.717) is 0 Å². The van der Waals surface area contributed by atoms with Crippen molar-refractivity contribution in [2.45, 2.75) is 26.2 Å². The summed E-state index contributed by atoms with van der Waals surface area (Å²) in [5, 5.41) is 0. The highest BCUT2D eigenvalue weighted by molar-refractivity contribution is 8.23. The van der Waals surface area contributed by atoms with E-state index in [1.165, 1.54) is 38.1 Å². The Morgan fingerprint density at radius 2 is 2.36 bits per heavy atom. The van der Waals surface area contributed by atoms with Crippen LogP contribution < -0.4 is 0 Å². The van der Waals surface area contributed by atoms with Crippen LogP contribution in [-0.2, 0) is 0 Å². The second kappa shape index (κ2) is 4.99. The summed E-state index contributed by atoms with van der Waals surface area (Å²) in [6.45, 7) is 4.59. The molecular formula is C8H15NS2. The number of thiocarbonyl (C=S) groups is 1. The van der Waals surface area contributed by atoms with E-state index in [1.54, 1.807) is 0 Å². The van der Waals surface area contributed by atoms with Crippen LogP contribution in [0.3, 0.4) is 0 Å². The predicted octanol–water partition coefficient (Wildman–Crippen LogP) is 2.51. The third-order valence-electron chi connectivity index (χ3n) is 1.88. The Morgan fingerprint density at radius 3 is 2.91 bits per heavy atom. The van der Waals surface area contributed by atoms with Crippen LogP contribution in [0, 0.1) is 0 Å². The van der Waals surface area contributed by atoms with Crippen molar-refractivity contribution < 1.29 is 0 Å². The molecule has 0 unspecified atom stereocenters. The van der Waals surface area contributed by atoms with Crippen LogP contribution in [-0.4, -0.2) is 28.1 Å². The summed E-state index contributed by atoms with van der Waals surface area (Å²) in [4.78, 5) is 2.33. The summed E-state index contributed by atoms with van der Waals surface area (Å²) in [5.41, 5.74) is 0. The van der Waals surface area contributed by atoms with E-state index < -0.39 is 0 Å². The summed E-state index contributed by atoms with van der Waals surface area (Å²) in [5.74, 6) is 1.20. The molecule has 1 nitrogen and oxygen atoms in total. The first kappa shape index (κ1) is 9.33. The maximum atomic E-state index is 5.18. The smallest absolute Gasteiger partial charge is 0.136 e. The molecule has 1 aliphatic heterocycles. The zero-order valence-corrected chi connectivity index (χ0v) is 8.64.